The monoisotopic (exact) mass is 477 g/mol. The summed E-state index contributed by atoms with van der Waals surface area (Å²) in [4.78, 5) is 24.7. The van der Waals surface area contributed by atoms with Crippen LogP contribution in [0.15, 0.2) is 53.6 Å². The summed E-state index contributed by atoms with van der Waals surface area (Å²) in [5, 5.41) is 6.04. The molecular weight excluding hydrogens is 455 g/mol. The molecule has 0 atom stereocenters. The van der Waals surface area contributed by atoms with Gasteiger partial charge in [0, 0.05) is 42.4 Å². The second-order valence-corrected chi connectivity index (χ2v) is 8.60. The lowest BCUT2D eigenvalue weighted by Gasteiger charge is -2.29. The summed E-state index contributed by atoms with van der Waals surface area (Å²) >= 11 is 5.87. The van der Waals surface area contributed by atoms with Crippen molar-refractivity contribution < 1.29 is 18.0 Å². The van der Waals surface area contributed by atoms with E-state index in [0.29, 0.717) is 18.7 Å². The molecule has 0 bridgehead atoms. The maximum Gasteiger partial charge on any atom is 0.417 e. The lowest BCUT2D eigenvalue weighted by atomic mass is 9.86. The zero-order chi connectivity index (χ0) is 23.4. The van der Waals surface area contributed by atoms with Gasteiger partial charge in [0.2, 0.25) is 0 Å². The molecule has 1 aliphatic carbocycles. The molecule has 2 aromatic rings. The molecule has 1 fully saturated rings. The van der Waals surface area contributed by atoms with Gasteiger partial charge >= 0.3 is 6.18 Å². The molecule has 4 rings (SSSR count). The molecule has 1 aliphatic heterocycles. The standard InChI is InChI=1S/C23H23ClF3N5O/c24-21-19(8-16(12-31-21)23(25,26)27)22(33)32-17-5-3-14(4-6-17)10-29-18-9-20(30-13-18)15-2-1-7-28-11-15/h1-2,7-9,11-12,14,17,29H,3-6,10,13H2,(H,32,33). The summed E-state index contributed by atoms with van der Waals surface area (Å²) in [5.74, 6) is -0.184. The predicted octanol–water partition coefficient (Wildman–Crippen LogP) is 4.41. The van der Waals surface area contributed by atoms with Crippen LogP contribution in [-0.4, -0.2) is 40.7 Å². The largest absolute Gasteiger partial charge is 0.417 e. The summed E-state index contributed by atoms with van der Waals surface area (Å²) in [5.41, 5.74) is 1.72. The van der Waals surface area contributed by atoms with Crippen LogP contribution in [0.3, 0.4) is 0 Å². The first-order chi connectivity index (χ1) is 15.8. The predicted molar refractivity (Wildman–Crippen MR) is 119 cm³/mol. The van der Waals surface area contributed by atoms with Gasteiger partial charge in [-0.2, -0.15) is 13.2 Å². The number of aliphatic imine (C=N–C) groups is 1. The van der Waals surface area contributed by atoms with Gasteiger partial charge in [0.05, 0.1) is 23.4 Å². The van der Waals surface area contributed by atoms with Gasteiger partial charge in [-0.1, -0.05) is 11.6 Å². The number of hydrogen-bond acceptors (Lipinski definition) is 5. The zero-order valence-corrected chi connectivity index (χ0v) is 18.5. The lowest BCUT2D eigenvalue weighted by Crippen LogP contribution is -2.39. The van der Waals surface area contributed by atoms with Gasteiger partial charge in [-0.15, -0.1) is 0 Å². The van der Waals surface area contributed by atoms with E-state index >= 15 is 0 Å². The quantitative estimate of drug-likeness (QED) is 0.604. The first-order valence-corrected chi connectivity index (χ1v) is 11.1. The number of carbonyl (C=O) groups excluding carboxylic acids is 1. The number of nitrogens with zero attached hydrogens (tertiary/aromatic N) is 3. The first kappa shape index (κ1) is 23.2. The van der Waals surface area contributed by atoms with E-state index in [4.69, 9.17) is 11.6 Å². The van der Waals surface area contributed by atoms with E-state index in [1.54, 1.807) is 12.4 Å². The Balaban J connectivity index is 1.24. The van der Waals surface area contributed by atoms with E-state index in [2.05, 4.69) is 25.6 Å². The van der Waals surface area contributed by atoms with Crippen LogP contribution >= 0.6 is 11.6 Å². The number of aromatic nitrogens is 2. The fourth-order valence-corrected chi connectivity index (χ4v) is 4.22. The lowest BCUT2D eigenvalue weighted by molar-refractivity contribution is -0.137. The Kier molecular flexibility index (Phi) is 6.97. The van der Waals surface area contributed by atoms with Gasteiger partial charge in [0.15, 0.2) is 0 Å². The first-order valence-electron chi connectivity index (χ1n) is 10.7. The van der Waals surface area contributed by atoms with Gasteiger partial charge in [0.1, 0.15) is 5.15 Å². The van der Waals surface area contributed by atoms with Crippen LogP contribution in [0, 0.1) is 5.92 Å². The molecule has 0 spiro atoms. The average molecular weight is 478 g/mol. The van der Waals surface area contributed by atoms with E-state index in [-0.39, 0.29) is 16.8 Å². The van der Waals surface area contributed by atoms with E-state index in [0.717, 1.165) is 55.3 Å². The number of halogens is 4. The molecule has 2 N–H and O–H groups in total. The highest BCUT2D eigenvalue weighted by Crippen LogP contribution is 2.31. The molecule has 2 aliphatic rings. The van der Waals surface area contributed by atoms with E-state index in [1.165, 1.54) is 0 Å². The maximum absolute atomic E-state index is 12.9. The van der Waals surface area contributed by atoms with Crippen LogP contribution in [0.1, 0.15) is 47.2 Å². The summed E-state index contributed by atoms with van der Waals surface area (Å²) in [6, 6.07) is 4.50. The van der Waals surface area contributed by atoms with Crippen LogP contribution in [-0.2, 0) is 6.18 Å². The molecule has 0 unspecified atom stereocenters. The molecule has 174 valence electrons. The highest BCUT2D eigenvalue weighted by molar-refractivity contribution is 6.32. The third-order valence-corrected chi connectivity index (χ3v) is 6.20. The van der Waals surface area contributed by atoms with Crippen molar-refractivity contribution in [3.8, 4) is 0 Å². The Morgan fingerprint density at radius 1 is 1.18 bits per heavy atom. The number of allylic oxidation sites excluding steroid dienone is 1. The minimum atomic E-state index is -4.59. The topological polar surface area (TPSA) is 79.3 Å². The van der Waals surface area contributed by atoms with E-state index in [1.807, 2.05) is 18.2 Å². The smallest absolute Gasteiger partial charge is 0.386 e. The number of carbonyl (C=O) groups is 1. The van der Waals surface area contributed by atoms with Crippen LogP contribution in [0.25, 0.3) is 0 Å². The number of hydrogen-bond donors (Lipinski definition) is 2. The second-order valence-electron chi connectivity index (χ2n) is 8.24. The highest BCUT2D eigenvalue weighted by atomic mass is 35.5. The highest BCUT2D eigenvalue weighted by Gasteiger charge is 2.33. The van der Waals surface area contributed by atoms with Crippen molar-refractivity contribution in [1.29, 1.82) is 0 Å². The van der Waals surface area contributed by atoms with Crippen LogP contribution < -0.4 is 10.6 Å². The SMILES string of the molecule is O=C(NC1CCC(CNC2=CC(c3cccnc3)=NC2)CC1)c1cc(C(F)(F)F)cnc1Cl. The molecule has 0 radical (unpaired) electrons. The third kappa shape index (κ3) is 5.90. The summed E-state index contributed by atoms with van der Waals surface area (Å²) in [6.07, 6.45) is 4.89. The number of alkyl halides is 3. The van der Waals surface area contributed by atoms with Crippen molar-refractivity contribution in [2.75, 3.05) is 13.1 Å². The van der Waals surface area contributed by atoms with Gasteiger partial charge in [-0.05, 0) is 55.9 Å². The maximum atomic E-state index is 12.9. The Labute approximate surface area is 194 Å². The Morgan fingerprint density at radius 2 is 1.97 bits per heavy atom. The van der Waals surface area contributed by atoms with Gasteiger partial charge in [0.25, 0.3) is 5.91 Å². The van der Waals surface area contributed by atoms with Gasteiger partial charge < -0.3 is 10.6 Å². The number of nitrogens with one attached hydrogen (secondary N) is 2. The minimum Gasteiger partial charge on any atom is -0.386 e. The van der Waals surface area contributed by atoms with Crippen LogP contribution in [0.4, 0.5) is 13.2 Å². The molecule has 2 aromatic heterocycles. The molecule has 33 heavy (non-hydrogen) atoms. The van der Waals surface area contributed by atoms with Crippen molar-refractivity contribution in [2.24, 2.45) is 10.9 Å². The Hall–Kier alpha value is -2.94. The fourth-order valence-electron chi connectivity index (χ4n) is 4.03. The van der Waals surface area contributed by atoms with Crippen molar-refractivity contribution >= 4 is 23.2 Å². The Bertz CT molecular complexity index is 1060. The zero-order valence-electron chi connectivity index (χ0n) is 17.7. The van der Waals surface area contributed by atoms with Crippen LogP contribution in [0.2, 0.25) is 5.15 Å². The Morgan fingerprint density at radius 3 is 2.67 bits per heavy atom. The van der Waals surface area contributed by atoms with E-state index < -0.39 is 17.6 Å². The van der Waals surface area contributed by atoms with Gasteiger partial charge in [-0.25, -0.2) is 4.98 Å². The molecular formula is C23H23ClF3N5O. The summed E-state index contributed by atoms with van der Waals surface area (Å²) in [6.45, 7) is 1.42. The third-order valence-electron chi connectivity index (χ3n) is 5.90. The molecule has 6 nitrogen and oxygen atoms in total. The van der Waals surface area contributed by atoms with Crippen molar-refractivity contribution in [2.45, 2.75) is 37.9 Å². The minimum absolute atomic E-state index is 0.106. The summed E-state index contributed by atoms with van der Waals surface area (Å²) < 4.78 is 38.8. The molecule has 1 saturated carbocycles. The van der Waals surface area contributed by atoms with Crippen molar-refractivity contribution in [3.63, 3.8) is 0 Å². The summed E-state index contributed by atoms with van der Waals surface area (Å²) in [7, 11) is 0. The van der Waals surface area contributed by atoms with Gasteiger partial charge in [-0.3, -0.25) is 14.8 Å². The number of amides is 1. The molecule has 0 aromatic carbocycles. The average Bonchev–Trinajstić information content (AvgIpc) is 3.28. The molecule has 10 heteroatoms. The molecule has 3 heterocycles. The van der Waals surface area contributed by atoms with E-state index in [9.17, 15) is 18.0 Å². The molecule has 1 amide bonds. The van der Waals surface area contributed by atoms with Crippen molar-refractivity contribution in [1.82, 2.24) is 20.6 Å². The second kappa shape index (κ2) is 9.91. The van der Waals surface area contributed by atoms with Crippen molar-refractivity contribution in [3.05, 3.63) is 70.4 Å². The number of pyridine rings is 2. The normalized spacial score (nSPS) is 20.7. The number of rotatable bonds is 6. The molecule has 0 saturated heterocycles. The van der Waals surface area contributed by atoms with Crippen LogP contribution in [0.5, 0.6) is 0 Å². The fraction of sp³-hybridized carbons (Fsp3) is 0.391.